The number of carbonyl (C=O) groups excluding carboxylic acids is 3. The maximum Gasteiger partial charge on any atom is 0.267 e. The maximum atomic E-state index is 12.1. The highest BCUT2D eigenvalue weighted by Gasteiger charge is 2.22. The summed E-state index contributed by atoms with van der Waals surface area (Å²) in [4.78, 5) is 38.9. The van der Waals surface area contributed by atoms with E-state index in [-0.39, 0.29) is 30.2 Å². The molecule has 1 aliphatic heterocycles. The number of H-pyrrole nitrogens is 1. The molecular formula is C14H20N4O3. The Morgan fingerprint density at radius 1 is 1.38 bits per heavy atom. The first-order valence-corrected chi connectivity index (χ1v) is 6.96. The Balaban J connectivity index is 1.83. The number of hydrogen-bond donors (Lipinski definition) is 3. The molecule has 7 nitrogen and oxygen atoms in total. The van der Waals surface area contributed by atoms with Gasteiger partial charge in [-0.05, 0) is 25.8 Å². The van der Waals surface area contributed by atoms with Crippen molar-refractivity contribution in [2.45, 2.75) is 25.8 Å². The number of Topliss-reactive ketones (excluding diaryl/α,β-unsaturated/α-hetero) is 1. The van der Waals surface area contributed by atoms with Crippen LogP contribution in [0.15, 0.2) is 12.3 Å². The van der Waals surface area contributed by atoms with Crippen LogP contribution in [0.5, 0.6) is 0 Å². The lowest BCUT2D eigenvalue weighted by atomic mass is 10.0. The van der Waals surface area contributed by atoms with Crippen LogP contribution in [-0.2, 0) is 4.79 Å². The lowest BCUT2D eigenvalue weighted by molar-refractivity contribution is -0.119. The summed E-state index contributed by atoms with van der Waals surface area (Å²) in [6, 6.07) is 1.63. The summed E-state index contributed by atoms with van der Waals surface area (Å²) in [7, 11) is 0. The van der Waals surface area contributed by atoms with Crippen LogP contribution < -0.4 is 11.1 Å². The van der Waals surface area contributed by atoms with E-state index in [2.05, 4.69) is 10.3 Å². The van der Waals surface area contributed by atoms with Crippen molar-refractivity contribution in [3.63, 3.8) is 0 Å². The normalized spacial score (nSPS) is 16.6. The number of piperidine rings is 1. The molecule has 0 unspecified atom stereocenters. The molecule has 2 amide bonds. The van der Waals surface area contributed by atoms with Crippen LogP contribution in [0, 0.1) is 0 Å². The number of rotatable bonds is 5. The van der Waals surface area contributed by atoms with Crippen LogP contribution >= 0.6 is 0 Å². The van der Waals surface area contributed by atoms with E-state index < -0.39 is 0 Å². The summed E-state index contributed by atoms with van der Waals surface area (Å²) >= 11 is 0. The number of ketones is 1. The first-order chi connectivity index (χ1) is 9.95. The molecule has 1 saturated heterocycles. The number of hydrogen-bond acceptors (Lipinski definition) is 4. The van der Waals surface area contributed by atoms with Crippen molar-refractivity contribution in [1.29, 1.82) is 0 Å². The highest BCUT2D eigenvalue weighted by atomic mass is 16.2. The van der Waals surface area contributed by atoms with E-state index >= 15 is 0 Å². The molecule has 1 aliphatic rings. The van der Waals surface area contributed by atoms with E-state index in [1.807, 2.05) is 4.90 Å². The van der Waals surface area contributed by atoms with E-state index in [4.69, 9.17) is 5.73 Å². The number of carbonyl (C=O) groups is 3. The molecule has 114 valence electrons. The highest BCUT2D eigenvalue weighted by Crippen LogP contribution is 2.11. The van der Waals surface area contributed by atoms with E-state index in [1.165, 1.54) is 13.1 Å². The molecule has 7 heteroatoms. The highest BCUT2D eigenvalue weighted by molar-refractivity contribution is 5.99. The number of aromatic amines is 1. The second-order valence-electron chi connectivity index (χ2n) is 5.35. The van der Waals surface area contributed by atoms with Gasteiger partial charge in [-0.15, -0.1) is 0 Å². The molecule has 4 N–H and O–H groups in total. The minimum Gasteiger partial charge on any atom is -0.369 e. The summed E-state index contributed by atoms with van der Waals surface area (Å²) in [6.07, 6.45) is 3.09. The van der Waals surface area contributed by atoms with Crippen LogP contribution in [0.4, 0.5) is 0 Å². The van der Waals surface area contributed by atoms with Crippen molar-refractivity contribution in [2.24, 2.45) is 5.73 Å². The van der Waals surface area contributed by atoms with E-state index in [0.717, 1.165) is 25.9 Å². The van der Waals surface area contributed by atoms with Gasteiger partial charge >= 0.3 is 0 Å². The molecule has 1 aromatic heterocycles. The van der Waals surface area contributed by atoms with Crippen LogP contribution in [-0.4, -0.2) is 53.2 Å². The van der Waals surface area contributed by atoms with Crippen molar-refractivity contribution in [3.8, 4) is 0 Å². The van der Waals surface area contributed by atoms with Crippen molar-refractivity contribution < 1.29 is 14.4 Å². The number of nitrogens with one attached hydrogen (secondary N) is 2. The minimum atomic E-state index is -0.333. The van der Waals surface area contributed by atoms with Gasteiger partial charge in [0.05, 0.1) is 6.54 Å². The third kappa shape index (κ3) is 4.16. The van der Waals surface area contributed by atoms with Gasteiger partial charge in [0.2, 0.25) is 5.91 Å². The average Bonchev–Trinajstić information content (AvgIpc) is 2.90. The molecular weight excluding hydrogens is 272 g/mol. The van der Waals surface area contributed by atoms with E-state index in [9.17, 15) is 14.4 Å². The fourth-order valence-electron chi connectivity index (χ4n) is 2.45. The lowest BCUT2D eigenvalue weighted by Crippen LogP contribution is -2.46. The number of aromatic nitrogens is 1. The number of nitrogens with two attached hydrogens (primary N) is 1. The van der Waals surface area contributed by atoms with Gasteiger partial charge < -0.3 is 16.0 Å². The standard InChI is InChI=1S/C14H20N4O3/c1-9(19)10-6-12(16-7-10)14(21)17-11-2-4-18(5-3-11)8-13(15)20/h6-7,11,16H,2-5,8H2,1H3,(H2,15,20)(H,17,21). The Hall–Kier alpha value is -2.15. The van der Waals surface area contributed by atoms with Gasteiger partial charge in [-0.3, -0.25) is 19.3 Å². The molecule has 1 aromatic rings. The summed E-state index contributed by atoms with van der Waals surface area (Å²) < 4.78 is 0. The fraction of sp³-hybridized carbons (Fsp3) is 0.500. The van der Waals surface area contributed by atoms with Gasteiger partial charge in [0.15, 0.2) is 5.78 Å². The molecule has 0 radical (unpaired) electrons. The van der Waals surface area contributed by atoms with Gasteiger partial charge in [-0.25, -0.2) is 0 Å². The first-order valence-electron chi connectivity index (χ1n) is 6.96. The van der Waals surface area contributed by atoms with Crippen LogP contribution in [0.1, 0.15) is 40.6 Å². The van der Waals surface area contributed by atoms with Crippen LogP contribution in [0.25, 0.3) is 0 Å². The number of nitrogens with zero attached hydrogens (tertiary/aromatic N) is 1. The Bertz CT molecular complexity index is 544. The molecule has 2 rings (SSSR count). The molecule has 0 aromatic carbocycles. The molecule has 0 atom stereocenters. The largest absolute Gasteiger partial charge is 0.369 e. The molecule has 0 bridgehead atoms. The number of likely N-dealkylation sites (tertiary alicyclic amines) is 1. The van der Waals surface area contributed by atoms with Crippen LogP contribution in [0.3, 0.4) is 0 Å². The van der Waals surface area contributed by atoms with Crippen molar-refractivity contribution in [1.82, 2.24) is 15.2 Å². The van der Waals surface area contributed by atoms with Gasteiger partial charge in [-0.2, -0.15) is 0 Å². The summed E-state index contributed by atoms with van der Waals surface area (Å²) in [5, 5.41) is 2.94. The molecule has 1 fully saturated rings. The zero-order valence-corrected chi connectivity index (χ0v) is 12.0. The Labute approximate surface area is 122 Å². The Morgan fingerprint density at radius 3 is 2.57 bits per heavy atom. The molecule has 0 spiro atoms. The monoisotopic (exact) mass is 292 g/mol. The summed E-state index contributed by atoms with van der Waals surface area (Å²) in [5.74, 6) is -0.624. The summed E-state index contributed by atoms with van der Waals surface area (Å²) in [5.41, 5.74) is 6.04. The zero-order valence-electron chi connectivity index (χ0n) is 12.0. The van der Waals surface area contributed by atoms with Crippen LogP contribution in [0.2, 0.25) is 0 Å². The van der Waals surface area contributed by atoms with E-state index in [1.54, 1.807) is 6.07 Å². The predicted octanol–water partition coefficient (Wildman–Crippen LogP) is -0.103. The second kappa shape index (κ2) is 6.53. The van der Waals surface area contributed by atoms with Crippen molar-refractivity contribution in [3.05, 3.63) is 23.5 Å². The smallest absolute Gasteiger partial charge is 0.267 e. The zero-order chi connectivity index (χ0) is 15.4. The molecule has 0 saturated carbocycles. The van der Waals surface area contributed by atoms with Gasteiger partial charge in [0, 0.05) is 30.9 Å². The van der Waals surface area contributed by atoms with Gasteiger partial charge in [-0.1, -0.05) is 0 Å². The summed E-state index contributed by atoms with van der Waals surface area (Å²) in [6.45, 7) is 3.19. The lowest BCUT2D eigenvalue weighted by Gasteiger charge is -2.31. The predicted molar refractivity (Wildman–Crippen MR) is 76.9 cm³/mol. The van der Waals surface area contributed by atoms with Gasteiger partial charge in [0.1, 0.15) is 5.69 Å². The molecule has 2 heterocycles. The maximum absolute atomic E-state index is 12.1. The van der Waals surface area contributed by atoms with Gasteiger partial charge in [0.25, 0.3) is 5.91 Å². The SMILES string of the molecule is CC(=O)c1c[nH]c(C(=O)NC2CCN(CC(N)=O)CC2)c1. The Kier molecular flexibility index (Phi) is 4.74. The third-order valence-electron chi connectivity index (χ3n) is 3.64. The topological polar surface area (TPSA) is 108 Å². The quantitative estimate of drug-likeness (QED) is 0.658. The fourth-order valence-corrected chi connectivity index (χ4v) is 2.45. The molecule has 0 aliphatic carbocycles. The number of primary amides is 1. The van der Waals surface area contributed by atoms with Crippen molar-refractivity contribution in [2.75, 3.05) is 19.6 Å². The Morgan fingerprint density at radius 2 is 2.05 bits per heavy atom. The third-order valence-corrected chi connectivity index (χ3v) is 3.64. The molecule has 21 heavy (non-hydrogen) atoms. The first kappa shape index (κ1) is 15.2. The number of amides is 2. The van der Waals surface area contributed by atoms with Crippen molar-refractivity contribution >= 4 is 17.6 Å². The average molecular weight is 292 g/mol. The van der Waals surface area contributed by atoms with E-state index in [0.29, 0.717) is 11.3 Å². The second-order valence-corrected chi connectivity index (χ2v) is 5.35. The minimum absolute atomic E-state index is 0.0747.